The molecule has 0 saturated heterocycles. The normalized spacial score (nSPS) is 17.7. The Kier molecular flexibility index (Phi) is 3.04. The second kappa shape index (κ2) is 4.47. The van der Waals surface area contributed by atoms with Crippen LogP contribution in [0.3, 0.4) is 0 Å². The Balaban J connectivity index is 2.26. The molecule has 2 rings (SSSR count). The van der Waals surface area contributed by atoms with Crippen molar-refractivity contribution in [3.05, 3.63) is 11.8 Å². The lowest BCUT2D eigenvalue weighted by atomic mass is 9.84. The fraction of sp³-hybridized carbons (Fsp3) is 0.636. The van der Waals surface area contributed by atoms with Gasteiger partial charge in [-0.05, 0) is 18.8 Å². The van der Waals surface area contributed by atoms with E-state index in [1.807, 2.05) is 0 Å². The highest BCUT2D eigenvalue weighted by atomic mass is 16.5. The summed E-state index contributed by atoms with van der Waals surface area (Å²) >= 11 is 0. The van der Waals surface area contributed by atoms with Crippen LogP contribution >= 0.6 is 0 Å². The fourth-order valence-electron chi connectivity index (χ4n) is 2.28. The van der Waals surface area contributed by atoms with Crippen molar-refractivity contribution in [3.63, 3.8) is 0 Å². The summed E-state index contributed by atoms with van der Waals surface area (Å²) in [6, 6.07) is 0. The van der Waals surface area contributed by atoms with Gasteiger partial charge in [0.15, 0.2) is 0 Å². The summed E-state index contributed by atoms with van der Waals surface area (Å²) in [4.78, 5) is 0. The first-order valence-electron chi connectivity index (χ1n) is 5.48. The number of nitrogen functional groups attached to an aromatic ring is 1. The molecule has 1 fully saturated rings. The molecule has 1 heterocycles. The molecule has 15 heavy (non-hydrogen) atoms. The lowest BCUT2D eigenvalue weighted by molar-refractivity contribution is 0.390. The van der Waals surface area contributed by atoms with Crippen LogP contribution in [0.25, 0.3) is 0 Å². The topological polar surface area (TPSA) is 61.0 Å². The molecule has 82 valence electrons. The van der Waals surface area contributed by atoms with Crippen LogP contribution in [0.1, 0.15) is 43.6 Å². The monoisotopic (exact) mass is 207 g/mol. The van der Waals surface area contributed by atoms with Crippen molar-refractivity contribution in [2.75, 3.05) is 12.8 Å². The summed E-state index contributed by atoms with van der Waals surface area (Å²) in [6.45, 7) is 0. The van der Waals surface area contributed by atoms with Gasteiger partial charge in [-0.1, -0.05) is 19.3 Å². The van der Waals surface area contributed by atoms with Crippen molar-refractivity contribution < 1.29 is 4.74 Å². The highest BCUT2D eigenvalue weighted by Gasteiger charge is 2.20. The first-order valence-corrected chi connectivity index (χ1v) is 5.48. The van der Waals surface area contributed by atoms with Crippen LogP contribution in [0.4, 0.5) is 5.69 Å². The SMILES string of the molecule is COc1nncc(C2CCCCC2)c1N. The summed E-state index contributed by atoms with van der Waals surface area (Å²) in [6.07, 6.45) is 8.11. The Bertz CT molecular complexity index is 335. The van der Waals surface area contributed by atoms with Crippen molar-refractivity contribution in [1.29, 1.82) is 0 Å². The quantitative estimate of drug-likeness (QED) is 0.806. The average Bonchev–Trinajstić information content (AvgIpc) is 2.30. The van der Waals surface area contributed by atoms with Crippen molar-refractivity contribution >= 4 is 5.69 Å². The second-order valence-electron chi connectivity index (χ2n) is 4.06. The van der Waals surface area contributed by atoms with E-state index in [1.165, 1.54) is 32.1 Å². The molecular weight excluding hydrogens is 190 g/mol. The van der Waals surface area contributed by atoms with Crippen molar-refractivity contribution in [3.8, 4) is 5.88 Å². The number of methoxy groups -OCH3 is 1. The molecule has 0 unspecified atom stereocenters. The maximum atomic E-state index is 6.00. The van der Waals surface area contributed by atoms with Crippen molar-refractivity contribution in [2.45, 2.75) is 38.0 Å². The largest absolute Gasteiger partial charge is 0.478 e. The van der Waals surface area contributed by atoms with E-state index in [0.717, 1.165) is 5.56 Å². The molecular formula is C11H17N3O. The minimum atomic E-state index is 0.457. The first-order chi connectivity index (χ1) is 7.33. The number of hydrogen-bond donors (Lipinski definition) is 1. The average molecular weight is 207 g/mol. The molecule has 0 aliphatic heterocycles. The number of nitrogens with zero attached hydrogens (tertiary/aromatic N) is 2. The molecule has 0 amide bonds. The maximum absolute atomic E-state index is 6.00. The summed E-state index contributed by atoms with van der Waals surface area (Å²) in [5.41, 5.74) is 7.78. The smallest absolute Gasteiger partial charge is 0.256 e. The lowest BCUT2D eigenvalue weighted by Gasteiger charge is -2.22. The van der Waals surface area contributed by atoms with Gasteiger partial charge in [0.25, 0.3) is 5.88 Å². The van der Waals surface area contributed by atoms with Crippen LogP contribution in [0.2, 0.25) is 0 Å². The molecule has 4 heteroatoms. The minimum absolute atomic E-state index is 0.457. The second-order valence-corrected chi connectivity index (χ2v) is 4.06. The Morgan fingerprint density at radius 2 is 2.07 bits per heavy atom. The van der Waals surface area contributed by atoms with Crippen LogP contribution < -0.4 is 10.5 Å². The molecule has 0 atom stereocenters. The number of ether oxygens (including phenoxy) is 1. The highest BCUT2D eigenvalue weighted by Crippen LogP contribution is 2.37. The van der Waals surface area contributed by atoms with Crippen LogP contribution in [-0.2, 0) is 0 Å². The van der Waals surface area contributed by atoms with E-state index in [1.54, 1.807) is 13.3 Å². The standard InChI is InChI=1S/C11H17N3O/c1-15-11-10(12)9(7-13-14-11)8-5-3-2-4-6-8/h7-8H,2-6H2,1H3,(H2,12,13). The minimum Gasteiger partial charge on any atom is -0.478 e. The van der Waals surface area contributed by atoms with E-state index >= 15 is 0 Å². The van der Waals surface area contributed by atoms with Gasteiger partial charge in [0, 0.05) is 5.56 Å². The lowest BCUT2D eigenvalue weighted by Crippen LogP contribution is -2.09. The van der Waals surface area contributed by atoms with Crippen LogP contribution in [0.15, 0.2) is 6.20 Å². The predicted octanol–water partition coefficient (Wildman–Crippen LogP) is 2.12. The third-order valence-corrected chi connectivity index (χ3v) is 3.13. The number of aromatic nitrogens is 2. The van der Waals surface area contributed by atoms with E-state index in [9.17, 15) is 0 Å². The zero-order chi connectivity index (χ0) is 10.7. The van der Waals surface area contributed by atoms with Crippen molar-refractivity contribution in [1.82, 2.24) is 10.2 Å². The van der Waals surface area contributed by atoms with E-state index in [-0.39, 0.29) is 0 Å². The van der Waals surface area contributed by atoms with E-state index in [0.29, 0.717) is 17.5 Å². The molecule has 1 saturated carbocycles. The number of nitrogens with two attached hydrogens (primary N) is 1. The van der Waals surface area contributed by atoms with Crippen LogP contribution in [0.5, 0.6) is 5.88 Å². The van der Waals surface area contributed by atoms with Gasteiger partial charge < -0.3 is 10.5 Å². The molecule has 0 aromatic carbocycles. The molecule has 1 aromatic rings. The van der Waals surface area contributed by atoms with Crippen LogP contribution in [-0.4, -0.2) is 17.3 Å². The van der Waals surface area contributed by atoms with Gasteiger partial charge in [0.2, 0.25) is 0 Å². The van der Waals surface area contributed by atoms with Gasteiger partial charge in [-0.2, -0.15) is 5.10 Å². The van der Waals surface area contributed by atoms with Gasteiger partial charge >= 0.3 is 0 Å². The number of anilines is 1. The van der Waals surface area contributed by atoms with Gasteiger partial charge in [0.05, 0.1) is 13.3 Å². The zero-order valence-corrected chi connectivity index (χ0v) is 9.07. The third kappa shape index (κ3) is 2.03. The molecule has 4 nitrogen and oxygen atoms in total. The molecule has 1 aromatic heterocycles. The van der Waals surface area contributed by atoms with E-state index < -0.39 is 0 Å². The number of hydrogen-bond acceptors (Lipinski definition) is 4. The molecule has 0 radical (unpaired) electrons. The Morgan fingerprint density at radius 3 is 2.73 bits per heavy atom. The van der Waals surface area contributed by atoms with Crippen LogP contribution in [0, 0.1) is 0 Å². The van der Waals surface area contributed by atoms with E-state index in [4.69, 9.17) is 10.5 Å². The Hall–Kier alpha value is -1.32. The Morgan fingerprint density at radius 1 is 1.33 bits per heavy atom. The molecule has 1 aliphatic rings. The van der Waals surface area contributed by atoms with Gasteiger partial charge in [-0.25, -0.2) is 0 Å². The molecule has 0 spiro atoms. The summed E-state index contributed by atoms with van der Waals surface area (Å²) in [5, 5.41) is 7.79. The fourth-order valence-corrected chi connectivity index (χ4v) is 2.28. The van der Waals surface area contributed by atoms with E-state index in [2.05, 4.69) is 10.2 Å². The van der Waals surface area contributed by atoms with Gasteiger partial charge in [-0.3, -0.25) is 0 Å². The third-order valence-electron chi connectivity index (χ3n) is 3.13. The zero-order valence-electron chi connectivity index (χ0n) is 9.07. The van der Waals surface area contributed by atoms with Crippen molar-refractivity contribution in [2.24, 2.45) is 0 Å². The maximum Gasteiger partial charge on any atom is 0.256 e. The summed E-state index contributed by atoms with van der Waals surface area (Å²) in [7, 11) is 1.57. The summed E-state index contributed by atoms with van der Waals surface area (Å²) in [5.74, 6) is 1.00. The van der Waals surface area contributed by atoms with Gasteiger partial charge in [0.1, 0.15) is 5.69 Å². The number of rotatable bonds is 2. The molecule has 0 bridgehead atoms. The predicted molar refractivity (Wildman–Crippen MR) is 58.8 cm³/mol. The summed E-state index contributed by atoms with van der Waals surface area (Å²) < 4.78 is 5.08. The first kappa shape index (κ1) is 10.2. The molecule has 1 aliphatic carbocycles. The van der Waals surface area contributed by atoms with Gasteiger partial charge in [-0.15, -0.1) is 5.10 Å². The highest BCUT2D eigenvalue weighted by molar-refractivity contribution is 5.54. The molecule has 2 N–H and O–H groups in total. The Labute approximate surface area is 89.8 Å².